The number of aryl methyl sites for hydroxylation is 3. The molecule has 182 valence electrons. The highest BCUT2D eigenvalue weighted by atomic mass is 16.2. The highest BCUT2D eigenvalue weighted by molar-refractivity contribution is 5.85. The number of nitrogens with zero attached hydrogens (tertiary/aromatic N) is 5. The van der Waals surface area contributed by atoms with Crippen LogP contribution in [0.5, 0.6) is 0 Å². The third kappa shape index (κ3) is 5.01. The number of hydrogen-bond donors (Lipinski definition) is 0. The Morgan fingerprint density at radius 2 is 1.71 bits per heavy atom. The number of rotatable bonds is 3. The maximum atomic E-state index is 13.0. The Bertz CT molecular complexity index is 1240. The molecule has 4 aromatic rings. The summed E-state index contributed by atoms with van der Waals surface area (Å²) in [6, 6.07) is 8.69. The molecular weight excluding hydrogens is 422 g/mol. The van der Waals surface area contributed by atoms with Crippen molar-refractivity contribution in [3.63, 3.8) is 0 Å². The monoisotopic (exact) mass is 461 g/mol. The minimum Gasteiger partial charge on any atom is -0.341 e. The van der Waals surface area contributed by atoms with Crippen molar-refractivity contribution in [3.8, 4) is 0 Å². The molecule has 0 spiro atoms. The summed E-state index contributed by atoms with van der Waals surface area (Å²) in [5.74, 6) is 0.689. The van der Waals surface area contributed by atoms with Crippen LogP contribution in [0.15, 0.2) is 42.9 Å². The summed E-state index contributed by atoms with van der Waals surface area (Å²) in [5.41, 5.74) is 5.85. The van der Waals surface area contributed by atoms with Gasteiger partial charge in [-0.2, -0.15) is 5.10 Å². The first-order valence-electron chi connectivity index (χ1n) is 12.6. The molecule has 0 bridgehead atoms. The molecule has 1 aliphatic rings. The van der Waals surface area contributed by atoms with Crippen molar-refractivity contribution in [2.45, 2.75) is 66.8 Å². The topological polar surface area (TPSA) is 56.0 Å². The van der Waals surface area contributed by atoms with Gasteiger partial charge in [0.2, 0.25) is 5.91 Å². The Hall–Kier alpha value is -3.15. The standard InChI is InChI=1S/C24H27N5O.2C2H6/c1-16-14-29(22-6-9-25-13-21(16)22)15-24(30)28-10-7-18(8-11-28)19-4-5-20-17(2)26-27(3)23(20)12-19;2*1-2/h4-6,9,12-14,18H,7-8,10-11,15H2,1-3H3;2*1-2H3. The summed E-state index contributed by atoms with van der Waals surface area (Å²) in [6.07, 6.45) is 7.72. The second-order valence-corrected chi connectivity index (χ2v) is 8.47. The predicted octanol–water partition coefficient (Wildman–Crippen LogP) is 6.00. The van der Waals surface area contributed by atoms with Gasteiger partial charge in [0.15, 0.2) is 0 Å². The molecule has 0 saturated carbocycles. The summed E-state index contributed by atoms with van der Waals surface area (Å²) in [7, 11) is 2.00. The first-order valence-corrected chi connectivity index (χ1v) is 12.6. The number of likely N-dealkylation sites (tertiary alicyclic amines) is 1. The van der Waals surface area contributed by atoms with Gasteiger partial charge in [-0.3, -0.25) is 14.5 Å². The zero-order valence-electron chi connectivity index (χ0n) is 21.8. The largest absolute Gasteiger partial charge is 0.341 e. The van der Waals surface area contributed by atoms with Gasteiger partial charge in [0.05, 0.1) is 16.7 Å². The molecule has 0 unspecified atom stereocenters. The number of pyridine rings is 1. The van der Waals surface area contributed by atoms with Gasteiger partial charge >= 0.3 is 0 Å². The van der Waals surface area contributed by atoms with Crippen LogP contribution in [0, 0.1) is 13.8 Å². The van der Waals surface area contributed by atoms with E-state index in [1.54, 1.807) is 6.20 Å². The first-order chi connectivity index (χ1) is 16.5. The lowest BCUT2D eigenvalue weighted by Gasteiger charge is -2.32. The SMILES string of the molecule is CC.CC.Cc1cn(CC(=O)N2CCC(c3ccc4c(C)nn(C)c4c3)CC2)c2ccncc12. The van der Waals surface area contributed by atoms with Crippen molar-refractivity contribution in [1.82, 2.24) is 24.2 Å². The lowest BCUT2D eigenvalue weighted by atomic mass is 9.89. The van der Waals surface area contributed by atoms with E-state index in [0.29, 0.717) is 12.5 Å². The number of amides is 1. The number of hydrogen-bond acceptors (Lipinski definition) is 3. The van der Waals surface area contributed by atoms with Gasteiger partial charge < -0.3 is 9.47 Å². The number of benzene rings is 1. The lowest BCUT2D eigenvalue weighted by Crippen LogP contribution is -2.39. The summed E-state index contributed by atoms with van der Waals surface area (Å²) >= 11 is 0. The van der Waals surface area contributed by atoms with Crippen LogP contribution in [0.1, 0.15) is 63.3 Å². The third-order valence-electron chi connectivity index (χ3n) is 6.57. The zero-order chi connectivity index (χ0) is 24.8. The smallest absolute Gasteiger partial charge is 0.242 e. The fourth-order valence-electron chi connectivity index (χ4n) is 4.86. The zero-order valence-corrected chi connectivity index (χ0v) is 21.8. The number of aromatic nitrogens is 4. The number of carbonyl (C=O) groups is 1. The Kier molecular flexibility index (Phi) is 8.48. The quantitative estimate of drug-likeness (QED) is 0.376. The van der Waals surface area contributed by atoms with Crippen LogP contribution in [-0.2, 0) is 18.4 Å². The van der Waals surface area contributed by atoms with Crippen molar-refractivity contribution in [3.05, 3.63) is 59.7 Å². The molecule has 1 amide bonds. The molecule has 34 heavy (non-hydrogen) atoms. The Balaban J connectivity index is 0.000000771. The minimum absolute atomic E-state index is 0.194. The molecule has 0 N–H and O–H groups in total. The maximum absolute atomic E-state index is 13.0. The van der Waals surface area contributed by atoms with Gasteiger partial charge in [-0.25, -0.2) is 0 Å². The Morgan fingerprint density at radius 3 is 2.41 bits per heavy atom. The molecule has 6 heteroatoms. The van der Waals surface area contributed by atoms with E-state index in [0.717, 1.165) is 48.1 Å². The molecule has 0 atom stereocenters. The Morgan fingerprint density at radius 1 is 1.00 bits per heavy atom. The first kappa shape index (κ1) is 25.5. The van der Waals surface area contributed by atoms with E-state index in [2.05, 4.69) is 52.9 Å². The van der Waals surface area contributed by atoms with Crippen LogP contribution in [0.3, 0.4) is 0 Å². The van der Waals surface area contributed by atoms with Gasteiger partial charge in [0.25, 0.3) is 0 Å². The molecule has 0 aliphatic carbocycles. The van der Waals surface area contributed by atoms with Gasteiger partial charge in [-0.1, -0.05) is 39.8 Å². The van der Waals surface area contributed by atoms with Crippen molar-refractivity contribution in [1.29, 1.82) is 0 Å². The van der Waals surface area contributed by atoms with E-state index in [-0.39, 0.29) is 5.91 Å². The lowest BCUT2D eigenvalue weighted by molar-refractivity contribution is -0.132. The van der Waals surface area contributed by atoms with Crippen molar-refractivity contribution in [2.24, 2.45) is 7.05 Å². The van der Waals surface area contributed by atoms with Crippen LogP contribution in [-0.4, -0.2) is 43.2 Å². The third-order valence-corrected chi connectivity index (χ3v) is 6.57. The number of fused-ring (bicyclic) bond motifs is 2. The summed E-state index contributed by atoms with van der Waals surface area (Å²) in [5, 5.41) is 6.87. The van der Waals surface area contributed by atoms with Gasteiger partial charge in [0.1, 0.15) is 6.54 Å². The highest BCUT2D eigenvalue weighted by Crippen LogP contribution is 2.31. The van der Waals surface area contributed by atoms with Crippen molar-refractivity contribution in [2.75, 3.05) is 13.1 Å². The molecule has 3 aromatic heterocycles. The number of piperidine rings is 1. The van der Waals surface area contributed by atoms with Crippen molar-refractivity contribution < 1.29 is 4.79 Å². The summed E-state index contributed by atoms with van der Waals surface area (Å²) in [6.45, 7) is 14.1. The molecule has 0 radical (unpaired) electrons. The molecule has 1 saturated heterocycles. The van der Waals surface area contributed by atoms with Gasteiger partial charge in [-0.15, -0.1) is 0 Å². The van der Waals surface area contributed by atoms with Gasteiger partial charge in [-0.05, 0) is 55.9 Å². The van der Waals surface area contributed by atoms with Crippen LogP contribution in [0.25, 0.3) is 21.8 Å². The van der Waals surface area contributed by atoms with Crippen LogP contribution in [0.4, 0.5) is 0 Å². The second-order valence-electron chi connectivity index (χ2n) is 8.47. The molecule has 1 aliphatic heterocycles. The van der Waals surface area contributed by atoms with Crippen LogP contribution >= 0.6 is 0 Å². The maximum Gasteiger partial charge on any atom is 0.242 e. The molecule has 6 nitrogen and oxygen atoms in total. The molecule has 4 heterocycles. The van der Waals surface area contributed by atoms with Crippen LogP contribution < -0.4 is 0 Å². The van der Waals surface area contributed by atoms with E-state index in [4.69, 9.17) is 0 Å². The Labute approximate surface area is 203 Å². The average Bonchev–Trinajstić information content (AvgIpc) is 3.36. The molecule has 5 rings (SSSR count). The molecular formula is C28H39N5O. The van der Waals surface area contributed by atoms with E-state index in [1.807, 2.05) is 56.6 Å². The normalized spacial score (nSPS) is 13.9. The molecule has 1 fully saturated rings. The van der Waals surface area contributed by atoms with E-state index in [9.17, 15) is 4.79 Å². The predicted molar refractivity (Wildman–Crippen MR) is 141 cm³/mol. The minimum atomic E-state index is 0.194. The van der Waals surface area contributed by atoms with E-state index < -0.39 is 0 Å². The second kappa shape index (κ2) is 11.3. The van der Waals surface area contributed by atoms with Gasteiger partial charge in [0, 0.05) is 49.5 Å². The summed E-state index contributed by atoms with van der Waals surface area (Å²) < 4.78 is 4.02. The summed E-state index contributed by atoms with van der Waals surface area (Å²) in [4.78, 5) is 19.2. The fraction of sp³-hybridized carbons (Fsp3) is 0.464. The van der Waals surface area contributed by atoms with E-state index >= 15 is 0 Å². The number of carbonyl (C=O) groups excluding carboxylic acids is 1. The average molecular weight is 462 g/mol. The highest BCUT2D eigenvalue weighted by Gasteiger charge is 2.25. The van der Waals surface area contributed by atoms with Crippen molar-refractivity contribution >= 4 is 27.7 Å². The fourth-order valence-corrected chi connectivity index (χ4v) is 4.86. The van der Waals surface area contributed by atoms with E-state index in [1.165, 1.54) is 16.5 Å². The molecule has 1 aromatic carbocycles. The van der Waals surface area contributed by atoms with Crippen LogP contribution in [0.2, 0.25) is 0 Å².